The van der Waals surface area contributed by atoms with Crippen molar-refractivity contribution >= 4 is 39.3 Å². The lowest BCUT2D eigenvalue weighted by molar-refractivity contribution is -0.122. The van der Waals surface area contributed by atoms with Gasteiger partial charge in [0.25, 0.3) is 5.91 Å². The van der Waals surface area contributed by atoms with Gasteiger partial charge in [-0.05, 0) is 34.1 Å². The van der Waals surface area contributed by atoms with Gasteiger partial charge in [-0.2, -0.15) is 0 Å². The van der Waals surface area contributed by atoms with Crippen LogP contribution in [0.25, 0.3) is 0 Å². The molecule has 1 fully saturated rings. The SMILES string of the molecule is NC(=O)C1CNCCN1C(=O)c1ccc(Cl)c(Br)c1. The number of nitrogens with two attached hydrogens (primary N) is 1. The monoisotopic (exact) mass is 345 g/mol. The van der Waals surface area contributed by atoms with Gasteiger partial charge < -0.3 is 16.0 Å². The molecule has 1 aliphatic rings. The van der Waals surface area contributed by atoms with Crippen LogP contribution in [0.4, 0.5) is 0 Å². The summed E-state index contributed by atoms with van der Waals surface area (Å²) in [6, 6.07) is 4.30. The standard InChI is InChI=1S/C12H13BrClN3O2/c13-8-5-7(1-2-9(8)14)12(19)17-4-3-16-6-10(17)11(15)18/h1-2,5,10,16H,3-4,6H2,(H2,15,18). The summed E-state index contributed by atoms with van der Waals surface area (Å²) >= 11 is 9.17. The number of primary amides is 1. The van der Waals surface area contributed by atoms with Gasteiger partial charge in [0.15, 0.2) is 0 Å². The van der Waals surface area contributed by atoms with Gasteiger partial charge in [0.2, 0.25) is 5.91 Å². The van der Waals surface area contributed by atoms with Crippen LogP contribution < -0.4 is 11.1 Å². The molecule has 1 aromatic carbocycles. The normalized spacial score (nSPS) is 19.3. The van der Waals surface area contributed by atoms with Crippen LogP contribution in [0.3, 0.4) is 0 Å². The van der Waals surface area contributed by atoms with Gasteiger partial charge in [-0.25, -0.2) is 0 Å². The fourth-order valence-corrected chi connectivity index (χ4v) is 2.49. The lowest BCUT2D eigenvalue weighted by Crippen LogP contribution is -2.58. The average Bonchev–Trinajstić information content (AvgIpc) is 2.41. The van der Waals surface area contributed by atoms with Crippen molar-refractivity contribution in [2.24, 2.45) is 5.73 Å². The number of carbonyl (C=O) groups is 2. The topological polar surface area (TPSA) is 75.4 Å². The van der Waals surface area contributed by atoms with Gasteiger partial charge in [0.1, 0.15) is 6.04 Å². The molecule has 1 unspecified atom stereocenters. The van der Waals surface area contributed by atoms with Gasteiger partial charge in [0, 0.05) is 29.7 Å². The first-order chi connectivity index (χ1) is 9.00. The Morgan fingerprint density at radius 2 is 2.21 bits per heavy atom. The Bertz CT molecular complexity index is 524. The Morgan fingerprint density at radius 1 is 1.47 bits per heavy atom. The number of nitrogens with one attached hydrogen (secondary N) is 1. The molecule has 2 amide bonds. The van der Waals surface area contributed by atoms with Crippen LogP contribution in [0, 0.1) is 0 Å². The number of nitrogens with zero attached hydrogens (tertiary/aromatic N) is 1. The minimum absolute atomic E-state index is 0.220. The highest BCUT2D eigenvalue weighted by atomic mass is 79.9. The number of carbonyl (C=O) groups excluding carboxylic acids is 2. The smallest absolute Gasteiger partial charge is 0.254 e. The van der Waals surface area contributed by atoms with Crippen LogP contribution in [-0.4, -0.2) is 42.4 Å². The first kappa shape index (κ1) is 14.3. The number of hydrogen-bond acceptors (Lipinski definition) is 3. The predicted molar refractivity (Wildman–Crippen MR) is 76.0 cm³/mol. The zero-order valence-electron chi connectivity index (χ0n) is 10.0. The van der Waals surface area contributed by atoms with E-state index in [1.807, 2.05) is 0 Å². The first-order valence-corrected chi connectivity index (χ1v) is 6.94. The summed E-state index contributed by atoms with van der Waals surface area (Å²) in [5.74, 6) is -0.726. The molecular formula is C12H13BrClN3O2. The van der Waals surface area contributed by atoms with Crippen molar-refractivity contribution in [1.82, 2.24) is 10.2 Å². The maximum absolute atomic E-state index is 12.4. The second-order valence-electron chi connectivity index (χ2n) is 4.25. The van der Waals surface area contributed by atoms with E-state index in [-0.39, 0.29) is 5.91 Å². The molecule has 0 spiro atoms. The third kappa shape index (κ3) is 3.08. The predicted octanol–water partition coefficient (Wildman–Crippen LogP) is 1.00. The van der Waals surface area contributed by atoms with Crippen LogP contribution in [0.15, 0.2) is 22.7 Å². The minimum atomic E-state index is -0.615. The Labute approximate surface area is 124 Å². The molecule has 19 heavy (non-hydrogen) atoms. The largest absolute Gasteiger partial charge is 0.368 e. The molecule has 1 aliphatic heterocycles. The summed E-state index contributed by atoms with van der Waals surface area (Å²) in [7, 11) is 0. The van der Waals surface area contributed by atoms with E-state index in [9.17, 15) is 9.59 Å². The van der Waals surface area contributed by atoms with Crippen molar-refractivity contribution in [3.05, 3.63) is 33.3 Å². The molecule has 0 bridgehead atoms. The molecule has 1 atom stereocenters. The van der Waals surface area contributed by atoms with Gasteiger partial charge in [-0.3, -0.25) is 9.59 Å². The summed E-state index contributed by atoms with van der Waals surface area (Å²) in [6.07, 6.45) is 0. The van der Waals surface area contributed by atoms with Gasteiger partial charge in [0.05, 0.1) is 5.02 Å². The highest BCUT2D eigenvalue weighted by molar-refractivity contribution is 9.10. The van der Waals surface area contributed by atoms with Crippen molar-refractivity contribution in [2.45, 2.75) is 6.04 Å². The number of benzene rings is 1. The molecule has 0 aromatic heterocycles. The molecule has 7 heteroatoms. The number of amides is 2. The lowest BCUT2D eigenvalue weighted by atomic mass is 10.1. The van der Waals surface area contributed by atoms with Gasteiger partial charge in [-0.15, -0.1) is 0 Å². The Hall–Kier alpha value is -1.11. The van der Waals surface area contributed by atoms with Crippen LogP contribution in [0.5, 0.6) is 0 Å². The quantitative estimate of drug-likeness (QED) is 0.839. The van der Waals surface area contributed by atoms with E-state index >= 15 is 0 Å². The van der Waals surface area contributed by atoms with E-state index in [0.717, 1.165) is 0 Å². The van der Waals surface area contributed by atoms with Crippen LogP contribution >= 0.6 is 27.5 Å². The second-order valence-corrected chi connectivity index (χ2v) is 5.51. The molecule has 102 valence electrons. The number of piperazine rings is 1. The number of rotatable bonds is 2. The molecular weight excluding hydrogens is 334 g/mol. The van der Waals surface area contributed by atoms with E-state index in [1.165, 1.54) is 4.90 Å². The fourth-order valence-electron chi connectivity index (χ4n) is 2.00. The maximum atomic E-state index is 12.4. The van der Waals surface area contributed by atoms with E-state index in [1.54, 1.807) is 18.2 Å². The highest BCUT2D eigenvalue weighted by Crippen LogP contribution is 2.24. The highest BCUT2D eigenvalue weighted by Gasteiger charge is 2.31. The summed E-state index contributed by atoms with van der Waals surface area (Å²) in [6.45, 7) is 1.48. The van der Waals surface area contributed by atoms with Crippen molar-refractivity contribution in [3.8, 4) is 0 Å². The third-order valence-corrected chi connectivity index (χ3v) is 4.21. The van der Waals surface area contributed by atoms with E-state index in [0.29, 0.717) is 34.7 Å². The molecule has 2 rings (SSSR count). The molecule has 1 aromatic rings. The molecule has 0 aliphatic carbocycles. The molecule has 5 nitrogen and oxygen atoms in total. The van der Waals surface area contributed by atoms with Crippen molar-refractivity contribution in [2.75, 3.05) is 19.6 Å². The lowest BCUT2D eigenvalue weighted by Gasteiger charge is -2.34. The Balaban J connectivity index is 2.26. The second kappa shape index (κ2) is 5.90. The summed E-state index contributed by atoms with van der Waals surface area (Å²) in [5, 5.41) is 3.58. The molecule has 0 radical (unpaired) electrons. The first-order valence-electron chi connectivity index (χ1n) is 5.76. The zero-order valence-corrected chi connectivity index (χ0v) is 12.4. The fraction of sp³-hybridized carbons (Fsp3) is 0.333. The third-order valence-electron chi connectivity index (χ3n) is 3.00. The van der Waals surface area contributed by atoms with Crippen LogP contribution in [-0.2, 0) is 4.79 Å². The number of halogens is 2. The van der Waals surface area contributed by atoms with Crippen LogP contribution in [0.1, 0.15) is 10.4 Å². The zero-order chi connectivity index (χ0) is 14.0. The molecule has 3 N–H and O–H groups in total. The van der Waals surface area contributed by atoms with E-state index in [2.05, 4.69) is 21.2 Å². The summed E-state index contributed by atoms with van der Waals surface area (Å²) in [5.41, 5.74) is 5.80. The minimum Gasteiger partial charge on any atom is -0.368 e. The van der Waals surface area contributed by atoms with Gasteiger partial charge in [-0.1, -0.05) is 11.6 Å². The van der Waals surface area contributed by atoms with Crippen LogP contribution in [0.2, 0.25) is 5.02 Å². The number of hydrogen-bond donors (Lipinski definition) is 2. The van der Waals surface area contributed by atoms with Crippen molar-refractivity contribution in [1.29, 1.82) is 0 Å². The molecule has 0 saturated carbocycles. The van der Waals surface area contributed by atoms with Gasteiger partial charge >= 0.3 is 0 Å². The summed E-state index contributed by atoms with van der Waals surface area (Å²) < 4.78 is 0.644. The van der Waals surface area contributed by atoms with E-state index < -0.39 is 11.9 Å². The van der Waals surface area contributed by atoms with Crippen molar-refractivity contribution in [3.63, 3.8) is 0 Å². The average molecular weight is 347 g/mol. The Morgan fingerprint density at radius 3 is 2.84 bits per heavy atom. The molecule has 1 saturated heterocycles. The Kier molecular flexibility index (Phi) is 4.44. The van der Waals surface area contributed by atoms with Crippen molar-refractivity contribution < 1.29 is 9.59 Å². The summed E-state index contributed by atoms with van der Waals surface area (Å²) in [4.78, 5) is 25.3. The van der Waals surface area contributed by atoms with E-state index in [4.69, 9.17) is 17.3 Å². The maximum Gasteiger partial charge on any atom is 0.254 e. The molecule has 1 heterocycles.